The molecule has 0 aliphatic carbocycles. The molecule has 0 amide bonds. The van der Waals surface area contributed by atoms with E-state index in [-0.39, 0.29) is 4.90 Å². The molecular weight excluding hydrogens is 369 g/mol. The monoisotopic (exact) mass is 391 g/mol. The van der Waals surface area contributed by atoms with Crippen molar-refractivity contribution < 1.29 is 22.3 Å². The van der Waals surface area contributed by atoms with Gasteiger partial charge in [-0.3, -0.25) is 0 Å². The summed E-state index contributed by atoms with van der Waals surface area (Å²) in [5.41, 5.74) is 1.85. The molecule has 0 bridgehead atoms. The molecular formula is C20H22FNO4S. The number of hydrogen-bond acceptors (Lipinski definition) is 4. The Bertz CT molecular complexity index is 952. The average molecular weight is 391 g/mol. The maximum atomic E-state index is 13.5. The normalized spacial score (nSPS) is 19.6. The second-order valence-corrected chi connectivity index (χ2v) is 8.92. The number of hydrogen-bond donors (Lipinski definition) is 0. The highest BCUT2D eigenvalue weighted by atomic mass is 32.2. The topological polar surface area (TPSA) is 55.8 Å². The third-order valence-corrected chi connectivity index (χ3v) is 7.41. The molecule has 0 aromatic heterocycles. The quantitative estimate of drug-likeness (QED) is 0.807. The van der Waals surface area contributed by atoms with Gasteiger partial charge in [-0.1, -0.05) is 12.1 Å². The van der Waals surface area contributed by atoms with Crippen molar-refractivity contribution in [1.82, 2.24) is 4.31 Å². The molecule has 144 valence electrons. The maximum Gasteiger partial charge on any atom is 0.243 e. The molecule has 7 heteroatoms. The molecule has 5 nitrogen and oxygen atoms in total. The SMILES string of the molecule is COc1ccc2c(c1)CCOC21CCN(S(=O)(=O)c2cccc(F)c2)CC1. The minimum Gasteiger partial charge on any atom is -0.497 e. The van der Waals surface area contributed by atoms with Gasteiger partial charge in [-0.05, 0) is 60.7 Å². The van der Waals surface area contributed by atoms with E-state index in [1.54, 1.807) is 7.11 Å². The lowest BCUT2D eigenvalue weighted by atomic mass is 9.80. The number of piperidine rings is 1. The first-order chi connectivity index (χ1) is 12.9. The summed E-state index contributed by atoms with van der Waals surface area (Å²) in [5.74, 6) is 0.264. The minimum atomic E-state index is -3.71. The van der Waals surface area contributed by atoms with E-state index < -0.39 is 21.4 Å². The highest BCUT2D eigenvalue weighted by Crippen LogP contribution is 2.43. The summed E-state index contributed by atoms with van der Waals surface area (Å²) in [7, 11) is -2.06. The molecule has 0 unspecified atom stereocenters. The van der Waals surface area contributed by atoms with Gasteiger partial charge in [-0.2, -0.15) is 4.31 Å². The minimum absolute atomic E-state index is 0.00634. The van der Waals surface area contributed by atoms with E-state index in [2.05, 4.69) is 0 Å². The van der Waals surface area contributed by atoms with Gasteiger partial charge in [0.15, 0.2) is 0 Å². The van der Waals surface area contributed by atoms with E-state index in [9.17, 15) is 12.8 Å². The fraction of sp³-hybridized carbons (Fsp3) is 0.400. The summed E-state index contributed by atoms with van der Waals surface area (Å²) < 4.78 is 52.1. The van der Waals surface area contributed by atoms with Crippen LogP contribution < -0.4 is 4.74 Å². The van der Waals surface area contributed by atoms with E-state index in [0.717, 1.165) is 23.8 Å². The first-order valence-electron chi connectivity index (χ1n) is 9.02. The molecule has 2 heterocycles. The third-order valence-electron chi connectivity index (χ3n) is 5.52. The Labute approximate surface area is 158 Å². The van der Waals surface area contributed by atoms with Crippen molar-refractivity contribution in [3.05, 3.63) is 59.4 Å². The van der Waals surface area contributed by atoms with Gasteiger partial charge in [0, 0.05) is 13.1 Å². The number of nitrogens with zero attached hydrogens (tertiary/aromatic N) is 1. The number of halogens is 1. The summed E-state index contributed by atoms with van der Waals surface area (Å²) in [6.07, 6.45) is 1.96. The molecule has 2 aromatic rings. The van der Waals surface area contributed by atoms with Crippen LogP contribution in [0.15, 0.2) is 47.4 Å². The molecule has 2 aromatic carbocycles. The Morgan fingerprint density at radius 2 is 1.93 bits per heavy atom. The van der Waals surface area contributed by atoms with Crippen LogP contribution in [0.2, 0.25) is 0 Å². The molecule has 27 heavy (non-hydrogen) atoms. The van der Waals surface area contributed by atoms with Gasteiger partial charge in [0.1, 0.15) is 11.6 Å². The summed E-state index contributed by atoms with van der Waals surface area (Å²) in [6.45, 7) is 1.28. The number of methoxy groups -OCH3 is 1. The van der Waals surface area contributed by atoms with Gasteiger partial charge in [-0.25, -0.2) is 12.8 Å². The highest BCUT2D eigenvalue weighted by molar-refractivity contribution is 7.89. The van der Waals surface area contributed by atoms with Crippen molar-refractivity contribution in [3.8, 4) is 5.75 Å². The third kappa shape index (κ3) is 3.24. The molecule has 0 atom stereocenters. The van der Waals surface area contributed by atoms with Gasteiger partial charge in [0.05, 0.1) is 24.2 Å². The molecule has 1 spiro atoms. The van der Waals surface area contributed by atoms with Crippen LogP contribution in [-0.4, -0.2) is 39.5 Å². The number of benzene rings is 2. The smallest absolute Gasteiger partial charge is 0.243 e. The van der Waals surface area contributed by atoms with Crippen LogP contribution in [-0.2, 0) is 26.8 Å². The highest BCUT2D eigenvalue weighted by Gasteiger charge is 2.43. The fourth-order valence-electron chi connectivity index (χ4n) is 4.06. The zero-order chi connectivity index (χ0) is 19.1. The van der Waals surface area contributed by atoms with Crippen LogP contribution in [0.1, 0.15) is 24.0 Å². The molecule has 1 fully saturated rings. The largest absolute Gasteiger partial charge is 0.497 e. The Kier molecular flexibility index (Phi) is 4.70. The number of rotatable bonds is 3. The van der Waals surface area contributed by atoms with Gasteiger partial charge in [-0.15, -0.1) is 0 Å². The molecule has 0 saturated carbocycles. The average Bonchev–Trinajstić information content (AvgIpc) is 2.68. The second kappa shape index (κ2) is 6.89. The lowest BCUT2D eigenvalue weighted by Crippen LogP contribution is -2.48. The Hall–Kier alpha value is -1.96. The van der Waals surface area contributed by atoms with Crippen molar-refractivity contribution >= 4 is 10.0 Å². The van der Waals surface area contributed by atoms with Crippen LogP contribution in [0.25, 0.3) is 0 Å². The van der Waals surface area contributed by atoms with Crippen molar-refractivity contribution in [2.45, 2.75) is 29.8 Å². The van der Waals surface area contributed by atoms with Crippen molar-refractivity contribution in [2.24, 2.45) is 0 Å². The van der Waals surface area contributed by atoms with E-state index in [4.69, 9.17) is 9.47 Å². The molecule has 0 radical (unpaired) electrons. The number of sulfonamides is 1. The zero-order valence-corrected chi connectivity index (χ0v) is 16.0. The van der Waals surface area contributed by atoms with Crippen LogP contribution in [0.4, 0.5) is 4.39 Å². The van der Waals surface area contributed by atoms with Gasteiger partial charge in [0.2, 0.25) is 10.0 Å². The molecule has 2 aliphatic heterocycles. The summed E-state index contributed by atoms with van der Waals surface area (Å²) >= 11 is 0. The van der Waals surface area contributed by atoms with Crippen LogP contribution in [0, 0.1) is 5.82 Å². The molecule has 0 N–H and O–H groups in total. The summed E-state index contributed by atoms with van der Waals surface area (Å²) in [5, 5.41) is 0. The van der Waals surface area contributed by atoms with Gasteiger partial charge in [0.25, 0.3) is 0 Å². The molecule has 2 aliphatic rings. The number of fused-ring (bicyclic) bond motifs is 2. The van der Waals surface area contributed by atoms with Crippen molar-refractivity contribution in [2.75, 3.05) is 26.8 Å². The van der Waals surface area contributed by atoms with E-state index in [0.29, 0.717) is 32.5 Å². The molecule has 1 saturated heterocycles. The van der Waals surface area contributed by atoms with Crippen molar-refractivity contribution in [3.63, 3.8) is 0 Å². The Morgan fingerprint density at radius 1 is 1.15 bits per heavy atom. The second-order valence-electron chi connectivity index (χ2n) is 6.98. The van der Waals surface area contributed by atoms with E-state index in [1.165, 1.54) is 28.1 Å². The lowest BCUT2D eigenvalue weighted by Gasteiger charge is -2.44. The number of ether oxygens (including phenoxy) is 2. The van der Waals surface area contributed by atoms with Gasteiger partial charge < -0.3 is 9.47 Å². The first kappa shape index (κ1) is 18.4. The van der Waals surface area contributed by atoms with Crippen molar-refractivity contribution in [1.29, 1.82) is 0 Å². The van der Waals surface area contributed by atoms with Crippen LogP contribution in [0.3, 0.4) is 0 Å². The lowest BCUT2D eigenvalue weighted by molar-refractivity contribution is -0.0892. The summed E-state index contributed by atoms with van der Waals surface area (Å²) in [6, 6.07) is 11.2. The standard InChI is InChI=1S/C20H22FNO4S/c1-25-17-5-6-19-15(13-17)7-12-26-20(19)8-10-22(11-9-20)27(23,24)18-4-2-3-16(21)14-18/h2-6,13-14H,7-12H2,1H3. The summed E-state index contributed by atoms with van der Waals surface area (Å²) in [4.78, 5) is -0.00634. The van der Waals surface area contributed by atoms with E-state index in [1.807, 2.05) is 18.2 Å². The maximum absolute atomic E-state index is 13.5. The van der Waals surface area contributed by atoms with Crippen LogP contribution >= 0.6 is 0 Å². The zero-order valence-electron chi connectivity index (χ0n) is 15.2. The predicted molar refractivity (Wildman–Crippen MR) is 98.7 cm³/mol. The van der Waals surface area contributed by atoms with Crippen LogP contribution in [0.5, 0.6) is 5.75 Å². The molecule has 4 rings (SSSR count). The Balaban J connectivity index is 1.58. The fourth-order valence-corrected chi connectivity index (χ4v) is 5.53. The predicted octanol–water partition coefficient (Wildman–Crippen LogP) is 3.09. The Morgan fingerprint density at radius 3 is 2.63 bits per heavy atom. The first-order valence-corrected chi connectivity index (χ1v) is 10.5. The van der Waals surface area contributed by atoms with E-state index >= 15 is 0 Å². The van der Waals surface area contributed by atoms with Gasteiger partial charge >= 0.3 is 0 Å².